The Bertz CT molecular complexity index is 2650. The summed E-state index contributed by atoms with van der Waals surface area (Å²) in [7, 11) is 1.49. The predicted octanol–water partition coefficient (Wildman–Crippen LogP) is 5.23. The number of likely N-dealkylation sites (N-methyl/N-ethyl adjacent to an activating group) is 1. The van der Waals surface area contributed by atoms with Gasteiger partial charge in [-0.2, -0.15) is 0 Å². The molecule has 6 aliphatic rings. The van der Waals surface area contributed by atoms with Crippen molar-refractivity contribution in [3.63, 3.8) is 0 Å². The van der Waals surface area contributed by atoms with Gasteiger partial charge in [0.2, 0.25) is 29.5 Å². The number of carbonyl (C=O) groups is 6. The lowest BCUT2D eigenvalue weighted by Crippen LogP contribution is -2.61. The van der Waals surface area contributed by atoms with E-state index in [-0.39, 0.29) is 53.7 Å². The third-order valence-electron chi connectivity index (χ3n) is 15.4. The Hall–Kier alpha value is -5.24. The number of fused-ring (bicyclic) bond motifs is 4. The minimum absolute atomic E-state index is 0.0486. The van der Waals surface area contributed by atoms with E-state index in [1.165, 1.54) is 11.9 Å². The number of hydrogen-bond donors (Lipinski definition) is 4. The van der Waals surface area contributed by atoms with Crippen LogP contribution in [0.15, 0.2) is 48.5 Å². The zero-order chi connectivity index (χ0) is 53.5. The molecule has 398 valence electrons. The van der Waals surface area contributed by atoms with Crippen LogP contribution in [0.25, 0.3) is 0 Å². The van der Waals surface area contributed by atoms with Gasteiger partial charge in [-0.15, -0.1) is 23.5 Å². The highest BCUT2D eigenvalue weighted by atomic mass is 32.2. The van der Waals surface area contributed by atoms with Crippen LogP contribution in [0, 0.1) is 34.5 Å². The summed E-state index contributed by atoms with van der Waals surface area (Å²) in [6.07, 6.45) is 1.87. The van der Waals surface area contributed by atoms with E-state index in [1.54, 1.807) is 67.9 Å². The maximum Gasteiger partial charge on any atom is 0.410 e. The van der Waals surface area contributed by atoms with Crippen LogP contribution in [0.3, 0.4) is 0 Å². The van der Waals surface area contributed by atoms with Crippen molar-refractivity contribution in [3.8, 4) is 23.7 Å². The molecular weight excluding hydrogens is 979 g/mol. The van der Waals surface area contributed by atoms with Gasteiger partial charge in [0, 0.05) is 19.9 Å². The standard InChI is InChI=1S/C56H73N7O9S2/c1-53(2,3)72-52(69)61(10)56(8,9)51(68)58-38-24-28-74-42-32-55(6,7)46(63(42)50(38)67)48(65)60-44-36-22-16-14-20-34(36)30-40(44)71-26-18-12-11-17-25-70-39-29-33-19-13-15-21-35(33)43(39)59-47(64)45-54(4,5)31-41-62(45)49(66)37(57)23-27-73-41/h13-16,19-22,37-46H,23-32,57H2,1-10H3,(H,58,68)(H,59,64)(H,60,65)/t37-,38-,39+,40+,41-,42-,43-,44-,45+,46+/m0/s1. The lowest BCUT2D eigenvalue weighted by molar-refractivity contribution is -0.145. The molecule has 0 unspecified atom stereocenters. The molecule has 8 rings (SSSR count). The van der Waals surface area contributed by atoms with Gasteiger partial charge in [-0.1, -0.05) is 88.1 Å². The number of benzene rings is 2. The van der Waals surface area contributed by atoms with Gasteiger partial charge in [0.15, 0.2) is 0 Å². The van der Waals surface area contributed by atoms with Crippen molar-refractivity contribution >= 4 is 59.2 Å². The monoisotopic (exact) mass is 1050 g/mol. The summed E-state index contributed by atoms with van der Waals surface area (Å²) in [6, 6.07) is 11.8. The Labute approximate surface area is 444 Å². The fourth-order valence-corrected chi connectivity index (χ4v) is 14.5. The average Bonchev–Trinajstić information content (AvgIpc) is 3.97. The van der Waals surface area contributed by atoms with Crippen LogP contribution in [0.1, 0.15) is 122 Å². The Morgan fingerprint density at radius 3 is 1.66 bits per heavy atom. The number of ether oxygens (including phenoxy) is 3. The number of nitrogens with two attached hydrogens (primary N) is 1. The lowest BCUT2D eigenvalue weighted by Gasteiger charge is -2.37. The van der Waals surface area contributed by atoms with Gasteiger partial charge in [-0.05, 0) is 117 Å². The van der Waals surface area contributed by atoms with E-state index < -0.39 is 76.3 Å². The van der Waals surface area contributed by atoms with E-state index in [4.69, 9.17) is 19.9 Å². The quantitative estimate of drug-likeness (QED) is 0.214. The molecule has 6 amide bonds. The van der Waals surface area contributed by atoms with Crippen LogP contribution in [0.5, 0.6) is 0 Å². The molecule has 4 aliphatic heterocycles. The van der Waals surface area contributed by atoms with Gasteiger partial charge in [0.1, 0.15) is 42.5 Å². The third kappa shape index (κ3) is 11.5. The average molecular weight is 1050 g/mol. The zero-order valence-electron chi connectivity index (χ0n) is 44.4. The number of rotatable bonds is 11. The van der Waals surface area contributed by atoms with Crippen LogP contribution in [0.2, 0.25) is 0 Å². The maximum absolute atomic E-state index is 14.7. The molecule has 74 heavy (non-hydrogen) atoms. The highest BCUT2D eigenvalue weighted by Crippen LogP contribution is 2.48. The SMILES string of the molecule is CN(C(=O)OC(C)(C)C)C(C)(C)C(=O)N[C@H]1CCS[C@H]2CC(C)(C)[C@@H](C(=O)N[C@H]3c4ccccc4C[C@H]3OCC#CC#CCO[C@@H]3Cc4ccccc4[C@@H]3NC(=O)[C@H]3N4C(=O)[C@@H](N)CCS[C@H]4CC3(C)C)N2C1=O. The first kappa shape index (κ1) is 55.0. The summed E-state index contributed by atoms with van der Waals surface area (Å²) >= 11 is 3.30. The first-order valence-corrected chi connectivity index (χ1v) is 27.9. The zero-order valence-corrected chi connectivity index (χ0v) is 46.0. The molecule has 16 nitrogen and oxygen atoms in total. The van der Waals surface area contributed by atoms with E-state index in [0.29, 0.717) is 44.3 Å². The van der Waals surface area contributed by atoms with Crippen LogP contribution in [-0.2, 0) is 51.0 Å². The van der Waals surface area contributed by atoms with Crippen molar-refractivity contribution in [1.29, 1.82) is 0 Å². The number of thioether (sulfide) groups is 2. The molecule has 0 radical (unpaired) electrons. The molecule has 2 aromatic carbocycles. The Balaban J connectivity index is 0.888. The molecule has 4 saturated heterocycles. The summed E-state index contributed by atoms with van der Waals surface area (Å²) in [5.41, 5.74) is 7.14. The van der Waals surface area contributed by atoms with E-state index in [0.717, 1.165) is 28.0 Å². The van der Waals surface area contributed by atoms with Crippen LogP contribution >= 0.6 is 23.5 Å². The Morgan fingerprint density at radius 1 is 0.716 bits per heavy atom. The molecule has 0 bridgehead atoms. The number of hydrogen-bond acceptors (Lipinski definition) is 12. The first-order valence-electron chi connectivity index (χ1n) is 25.8. The topological polar surface area (TPSA) is 202 Å². The van der Waals surface area contributed by atoms with Crippen molar-refractivity contribution < 1.29 is 43.0 Å². The maximum atomic E-state index is 14.7. The molecule has 4 fully saturated rings. The van der Waals surface area contributed by atoms with Crippen molar-refractivity contribution in [2.24, 2.45) is 16.6 Å². The summed E-state index contributed by atoms with van der Waals surface area (Å²) in [5.74, 6) is 11.6. The second-order valence-electron chi connectivity index (χ2n) is 23.2. The minimum Gasteiger partial charge on any atom is -0.444 e. The second-order valence-corrected chi connectivity index (χ2v) is 25.8. The highest BCUT2D eigenvalue weighted by Gasteiger charge is 2.57. The minimum atomic E-state index is -1.35. The van der Waals surface area contributed by atoms with Crippen molar-refractivity contribution in [2.75, 3.05) is 31.8 Å². The van der Waals surface area contributed by atoms with Gasteiger partial charge in [-0.25, -0.2) is 4.79 Å². The number of nitrogens with one attached hydrogen (secondary N) is 3. The summed E-state index contributed by atoms with van der Waals surface area (Å²) < 4.78 is 18.2. The summed E-state index contributed by atoms with van der Waals surface area (Å²) in [6.45, 7) is 16.7. The molecule has 18 heteroatoms. The molecule has 0 spiro atoms. The van der Waals surface area contributed by atoms with Gasteiger partial charge in [0.25, 0.3) is 0 Å². The molecule has 5 N–H and O–H groups in total. The number of carbonyl (C=O) groups excluding carboxylic acids is 6. The normalized spacial score (nSPS) is 28.6. The van der Waals surface area contributed by atoms with Crippen LogP contribution in [-0.4, -0.2) is 140 Å². The molecule has 10 atom stereocenters. The molecule has 2 aromatic rings. The van der Waals surface area contributed by atoms with Crippen molar-refractivity contribution in [2.45, 2.75) is 171 Å². The fraction of sp³-hybridized carbons (Fsp3) is 0.607. The second kappa shape index (κ2) is 21.8. The number of nitrogens with zero attached hydrogens (tertiary/aromatic N) is 3. The largest absolute Gasteiger partial charge is 0.444 e. The smallest absolute Gasteiger partial charge is 0.410 e. The van der Waals surface area contributed by atoms with Crippen LogP contribution in [0.4, 0.5) is 4.79 Å². The molecule has 4 heterocycles. The van der Waals surface area contributed by atoms with Gasteiger partial charge >= 0.3 is 6.09 Å². The van der Waals surface area contributed by atoms with Crippen molar-refractivity contribution in [1.82, 2.24) is 30.7 Å². The van der Waals surface area contributed by atoms with Gasteiger partial charge in [-0.3, -0.25) is 28.9 Å². The first-order chi connectivity index (χ1) is 34.9. The van der Waals surface area contributed by atoms with Crippen molar-refractivity contribution in [3.05, 3.63) is 70.8 Å². The van der Waals surface area contributed by atoms with Gasteiger partial charge in [0.05, 0.1) is 41.1 Å². The van der Waals surface area contributed by atoms with E-state index in [1.807, 2.05) is 76.2 Å². The Morgan fingerprint density at radius 2 is 1.18 bits per heavy atom. The number of amides is 6. The van der Waals surface area contributed by atoms with E-state index in [9.17, 15) is 28.8 Å². The van der Waals surface area contributed by atoms with Gasteiger partial charge < -0.3 is 45.7 Å². The Kier molecular flexibility index (Phi) is 16.2. The van der Waals surface area contributed by atoms with E-state index in [2.05, 4.69) is 39.6 Å². The summed E-state index contributed by atoms with van der Waals surface area (Å²) in [5, 5.41) is 9.12. The highest BCUT2D eigenvalue weighted by molar-refractivity contribution is 8.00. The van der Waals surface area contributed by atoms with Crippen LogP contribution < -0.4 is 21.7 Å². The predicted molar refractivity (Wildman–Crippen MR) is 285 cm³/mol. The lowest BCUT2D eigenvalue weighted by atomic mass is 9.83. The fourth-order valence-electron chi connectivity index (χ4n) is 11.3. The molecule has 2 aliphatic carbocycles. The summed E-state index contributed by atoms with van der Waals surface area (Å²) in [4.78, 5) is 88.5. The molecule has 0 saturated carbocycles. The third-order valence-corrected chi connectivity index (χ3v) is 17.9. The molecule has 0 aromatic heterocycles. The van der Waals surface area contributed by atoms with E-state index >= 15 is 0 Å². The molecular formula is C56H73N7O9S2.